The Morgan fingerprint density at radius 2 is 2.04 bits per heavy atom. The third-order valence-electron chi connectivity index (χ3n) is 2.98. The van der Waals surface area contributed by atoms with Gasteiger partial charge in [-0.3, -0.25) is 4.79 Å². The third kappa shape index (κ3) is 5.32. The van der Waals surface area contributed by atoms with Gasteiger partial charge in [-0.05, 0) is 35.0 Å². The van der Waals surface area contributed by atoms with Crippen molar-refractivity contribution in [3.05, 3.63) is 16.6 Å². The van der Waals surface area contributed by atoms with Crippen LogP contribution >= 0.6 is 28.3 Å². The van der Waals surface area contributed by atoms with E-state index in [1.807, 2.05) is 6.92 Å². The largest absolute Gasteiger partial charge is 0.482 e. The van der Waals surface area contributed by atoms with Crippen LogP contribution in [0, 0.1) is 0 Å². The summed E-state index contributed by atoms with van der Waals surface area (Å²) in [5.74, 6) is 0.0717. The van der Waals surface area contributed by atoms with Gasteiger partial charge in [0, 0.05) is 23.6 Å². The average molecular weight is 429 g/mol. The molecule has 1 aliphatic rings. The first-order valence-electron chi connectivity index (χ1n) is 6.90. The van der Waals surface area contributed by atoms with Gasteiger partial charge in [0.2, 0.25) is 10.0 Å². The smallest absolute Gasteiger partial charge is 0.262 e. The van der Waals surface area contributed by atoms with E-state index >= 15 is 0 Å². The Labute approximate surface area is 150 Å². The highest BCUT2D eigenvalue weighted by atomic mass is 79.9. The minimum atomic E-state index is -3.65. The van der Waals surface area contributed by atoms with Gasteiger partial charge in [-0.15, -0.1) is 12.4 Å². The van der Waals surface area contributed by atoms with Crippen molar-refractivity contribution in [2.75, 3.05) is 31.6 Å². The molecule has 0 aliphatic carbocycles. The van der Waals surface area contributed by atoms with Crippen molar-refractivity contribution in [3.63, 3.8) is 0 Å². The summed E-state index contributed by atoms with van der Waals surface area (Å²) in [4.78, 5) is 11.3. The molecule has 10 heteroatoms. The van der Waals surface area contributed by atoms with Crippen molar-refractivity contribution in [2.45, 2.75) is 18.2 Å². The SMILES string of the molecule is CCCNCCNS(=O)(=O)c1cc2c(cc1Br)NC(=O)CO2.Cl. The van der Waals surface area contributed by atoms with Crippen LogP contribution in [-0.4, -0.2) is 40.6 Å². The Balaban J connectivity index is 0.00000264. The normalized spacial score (nSPS) is 13.6. The first-order chi connectivity index (χ1) is 10.4. The molecule has 0 saturated heterocycles. The lowest BCUT2D eigenvalue weighted by atomic mass is 10.2. The minimum absolute atomic E-state index is 0. The van der Waals surface area contributed by atoms with Crippen molar-refractivity contribution >= 4 is 50.0 Å². The van der Waals surface area contributed by atoms with Crippen LogP contribution in [0.2, 0.25) is 0 Å². The van der Waals surface area contributed by atoms with Gasteiger partial charge >= 0.3 is 0 Å². The number of amides is 1. The molecule has 1 amide bonds. The summed E-state index contributed by atoms with van der Waals surface area (Å²) in [6.07, 6.45) is 0.992. The Hall–Kier alpha value is -0.870. The number of benzene rings is 1. The number of hydrogen-bond acceptors (Lipinski definition) is 5. The van der Waals surface area contributed by atoms with Crippen molar-refractivity contribution in [1.82, 2.24) is 10.0 Å². The van der Waals surface area contributed by atoms with Crippen LogP contribution in [0.3, 0.4) is 0 Å². The molecule has 2 rings (SSSR count). The van der Waals surface area contributed by atoms with E-state index in [1.54, 1.807) is 0 Å². The molecule has 0 bridgehead atoms. The van der Waals surface area contributed by atoms with Gasteiger partial charge in [0.25, 0.3) is 5.91 Å². The molecule has 0 unspecified atom stereocenters. The number of sulfonamides is 1. The van der Waals surface area contributed by atoms with Gasteiger partial charge in [0.05, 0.1) is 10.6 Å². The van der Waals surface area contributed by atoms with E-state index in [0.717, 1.165) is 13.0 Å². The molecule has 1 aromatic carbocycles. The summed E-state index contributed by atoms with van der Waals surface area (Å²) >= 11 is 3.22. The van der Waals surface area contributed by atoms with Gasteiger partial charge < -0.3 is 15.4 Å². The number of ether oxygens (including phenoxy) is 1. The van der Waals surface area contributed by atoms with Crippen LogP contribution in [0.25, 0.3) is 0 Å². The molecule has 0 radical (unpaired) electrons. The quantitative estimate of drug-likeness (QED) is 0.572. The molecular weight excluding hydrogens is 410 g/mol. The fourth-order valence-electron chi connectivity index (χ4n) is 1.94. The second-order valence-electron chi connectivity index (χ2n) is 4.76. The Morgan fingerprint density at radius 3 is 2.74 bits per heavy atom. The van der Waals surface area contributed by atoms with E-state index in [0.29, 0.717) is 29.0 Å². The standard InChI is InChI=1S/C13H18BrN3O4S.ClH/c1-2-3-15-4-5-16-22(19,20)12-7-11-10(6-9(12)14)17-13(18)8-21-11;/h6-7,15-16H,2-5,8H2,1H3,(H,17,18);1H. The number of carbonyl (C=O) groups excluding carboxylic acids is 1. The minimum Gasteiger partial charge on any atom is -0.482 e. The molecule has 0 spiro atoms. The Morgan fingerprint density at radius 1 is 1.30 bits per heavy atom. The van der Waals surface area contributed by atoms with Gasteiger partial charge in [0.15, 0.2) is 6.61 Å². The lowest BCUT2D eigenvalue weighted by Gasteiger charge is -2.19. The molecule has 0 fully saturated rings. The van der Waals surface area contributed by atoms with E-state index in [9.17, 15) is 13.2 Å². The number of halogens is 2. The van der Waals surface area contributed by atoms with Gasteiger partial charge in [-0.2, -0.15) is 0 Å². The fourth-order valence-corrected chi connectivity index (χ4v) is 4.03. The van der Waals surface area contributed by atoms with Crippen LogP contribution in [0.1, 0.15) is 13.3 Å². The second-order valence-corrected chi connectivity index (χ2v) is 7.35. The van der Waals surface area contributed by atoms with Gasteiger partial charge in [-0.25, -0.2) is 13.1 Å². The number of nitrogens with one attached hydrogen (secondary N) is 3. The van der Waals surface area contributed by atoms with Crippen LogP contribution < -0.4 is 20.1 Å². The summed E-state index contributed by atoms with van der Waals surface area (Å²) in [6.45, 7) is 3.62. The molecule has 130 valence electrons. The number of carbonyl (C=O) groups is 1. The van der Waals surface area contributed by atoms with Crippen molar-refractivity contribution in [3.8, 4) is 5.75 Å². The maximum Gasteiger partial charge on any atom is 0.262 e. The molecule has 0 atom stereocenters. The van der Waals surface area contributed by atoms with Crippen molar-refractivity contribution < 1.29 is 17.9 Å². The Bertz CT molecular complexity index is 669. The molecule has 3 N–H and O–H groups in total. The number of rotatable bonds is 7. The highest BCUT2D eigenvalue weighted by Gasteiger charge is 2.23. The van der Waals surface area contributed by atoms with E-state index in [1.165, 1.54) is 12.1 Å². The van der Waals surface area contributed by atoms with Crippen LogP contribution in [0.4, 0.5) is 5.69 Å². The van der Waals surface area contributed by atoms with Crippen molar-refractivity contribution in [2.24, 2.45) is 0 Å². The average Bonchev–Trinajstić information content (AvgIpc) is 2.46. The van der Waals surface area contributed by atoms with Crippen LogP contribution in [0.5, 0.6) is 5.75 Å². The molecule has 23 heavy (non-hydrogen) atoms. The number of fused-ring (bicyclic) bond motifs is 1. The lowest BCUT2D eigenvalue weighted by molar-refractivity contribution is -0.118. The van der Waals surface area contributed by atoms with Gasteiger partial charge in [-0.1, -0.05) is 6.92 Å². The maximum absolute atomic E-state index is 12.3. The third-order valence-corrected chi connectivity index (χ3v) is 5.40. The number of hydrogen-bond donors (Lipinski definition) is 3. The summed E-state index contributed by atoms with van der Waals surface area (Å²) in [5.41, 5.74) is 0.451. The molecule has 1 aliphatic heterocycles. The predicted molar refractivity (Wildman–Crippen MR) is 93.9 cm³/mol. The zero-order chi connectivity index (χ0) is 16.2. The van der Waals surface area contributed by atoms with E-state index < -0.39 is 10.0 Å². The van der Waals surface area contributed by atoms with Crippen LogP contribution in [0.15, 0.2) is 21.5 Å². The van der Waals surface area contributed by atoms with Gasteiger partial charge in [0.1, 0.15) is 5.75 Å². The fraction of sp³-hybridized carbons (Fsp3) is 0.462. The molecule has 0 aromatic heterocycles. The zero-order valence-corrected chi connectivity index (χ0v) is 15.7. The Kier molecular flexibility index (Phi) is 7.75. The van der Waals surface area contributed by atoms with Crippen LogP contribution in [-0.2, 0) is 14.8 Å². The molecule has 1 aromatic rings. The molecular formula is C13H19BrClN3O4S. The monoisotopic (exact) mass is 427 g/mol. The maximum atomic E-state index is 12.3. The zero-order valence-electron chi connectivity index (χ0n) is 12.5. The number of anilines is 1. The first kappa shape index (κ1) is 20.2. The molecule has 0 saturated carbocycles. The first-order valence-corrected chi connectivity index (χ1v) is 9.18. The van der Waals surface area contributed by atoms with Crippen molar-refractivity contribution in [1.29, 1.82) is 0 Å². The van der Waals surface area contributed by atoms with E-state index in [-0.39, 0.29) is 29.8 Å². The molecule has 7 nitrogen and oxygen atoms in total. The van der Waals surface area contributed by atoms with E-state index in [2.05, 4.69) is 31.3 Å². The van der Waals surface area contributed by atoms with E-state index in [4.69, 9.17) is 4.74 Å². The highest BCUT2D eigenvalue weighted by Crippen LogP contribution is 2.35. The summed E-state index contributed by atoms with van der Waals surface area (Å²) < 4.78 is 32.8. The summed E-state index contributed by atoms with van der Waals surface area (Å²) in [7, 11) is -3.65. The molecule has 1 heterocycles. The second kappa shape index (κ2) is 8.84. The summed E-state index contributed by atoms with van der Waals surface area (Å²) in [6, 6.07) is 2.93. The highest BCUT2D eigenvalue weighted by molar-refractivity contribution is 9.10. The lowest BCUT2D eigenvalue weighted by Crippen LogP contribution is -2.32. The summed E-state index contributed by atoms with van der Waals surface area (Å²) in [5, 5.41) is 5.74. The topological polar surface area (TPSA) is 96.5 Å². The predicted octanol–water partition coefficient (Wildman–Crippen LogP) is 1.48.